The quantitative estimate of drug-likeness (QED) is 0.288. The van der Waals surface area contributed by atoms with Gasteiger partial charge in [0.05, 0.1) is 0 Å². The standard InChI is InChI=1S/C13H29O3P/c1-2-3-4-5-6-7-8-9-10-11-12-17-13(14,15)16/h14-17H,2-12H2,1H3. The molecule has 4 heteroatoms. The first-order valence-electron chi connectivity index (χ1n) is 6.98. The molecule has 0 radical (unpaired) electrons. The van der Waals surface area contributed by atoms with E-state index < -0.39 is 5.71 Å². The Balaban J connectivity index is 2.99. The van der Waals surface area contributed by atoms with Crippen molar-refractivity contribution in [3.63, 3.8) is 0 Å². The lowest BCUT2D eigenvalue weighted by Crippen LogP contribution is -2.20. The van der Waals surface area contributed by atoms with Crippen LogP contribution in [0, 0.1) is 0 Å². The Labute approximate surface area is 107 Å². The van der Waals surface area contributed by atoms with Gasteiger partial charge in [0.15, 0.2) is 0 Å². The van der Waals surface area contributed by atoms with Crippen molar-refractivity contribution in [3.8, 4) is 0 Å². The highest BCUT2D eigenvalue weighted by atomic mass is 31.1. The van der Waals surface area contributed by atoms with Crippen molar-refractivity contribution in [1.29, 1.82) is 0 Å². The highest BCUT2D eigenvalue weighted by molar-refractivity contribution is 7.39. The van der Waals surface area contributed by atoms with Gasteiger partial charge in [0, 0.05) is 0 Å². The van der Waals surface area contributed by atoms with Gasteiger partial charge in [-0.25, -0.2) is 0 Å². The number of hydrogen-bond donors (Lipinski definition) is 3. The summed E-state index contributed by atoms with van der Waals surface area (Å²) >= 11 is 0. The topological polar surface area (TPSA) is 60.7 Å². The van der Waals surface area contributed by atoms with E-state index in [2.05, 4.69) is 6.92 Å². The van der Waals surface area contributed by atoms with Gasteiger partial charge in [-0.2, -0.15) is 0 Å². The summed E-state index contributed by atoms with van der Waals surface area (Å²) in [7, 11) is -0.180. The Morgan fingerprint density at radius 2 is 1.12 bits per heavy atom. The first kappa shape index (κ1) is 17.3. The molecule has 0 aliphatic rings. The molecule has 0 bridgehead atoms. The molecular weight excluding hydrogens is 235 g/mol. The number of aliphatic hydroxyl groups is 3. The van der Waals surface area contributed by atoms with Gasteiger partial charge in [-0.05, 0) is 21.2 Å². The number of hydrogen-bond acceptors (Lipinski definition) is 3. The summed E-state index contributed by atoms with van der Waals surface area (Å²) in [6.07, 6.45) is 13.5. The van der Waals surface area contributed by atoms with Gasteiger partial charge < -0.3 is 15.3 Å². The summed E-state index contributed by atoms with van der Waals surface area (Å²) in [5, 5.41) is 26.1. The van der Waals surface area contributed by atoms with Crippen LogP contribution in [0.3, 0.4) is 0 Å². The average molecular weight is 264 g/mol. The molecule has 0 amide bonds. The summed E-state index contributed by atoms with van der Waals surface area (Å²) < 4.78 is 0. The second-order valence-electron chi connectivity index (χ2n) is 4.74. The third-order valence-electron chi connectivity index (χ3n) is 2.89. The molecule has 0 rings (SSSR count). The van der Waals surface area contributed by atoms with E-state index in [9.17, 15) is 0 Å². The monoisotopic (exact) mass is 264 g/mol. The molecule has 104 valence electrons. The van der Waals surface area contributed by atoms with Gasteiger partial charge in [0.2, 0.25) is 0 Å². The fourth-order valence-electron chi connectivity index (χ4n) is 1.87. The van der Waals surface area contributed by atoms with Gasteiger partial charge in [-0.15, -0.1) is 0 Å². The third kappa shape index (κ3) is 16.3. The minimum Gasteiger partial charge on any atom is -0.340 e. The molecule has 0 aliphatic carbocycles. The molecule has 0 aromatic carbocycles. The van der Waals surface area contributed by atoms with Crippen molar-refractivity contribution in [2.24, 2.45) is 0 Å². The van der Waals surface area contributed by atoms with E-state index in [1.165, 1.54) is 51.4 Å². The lowest BCUT2D eigenvalue weighted by Gasteiger charge is -2.13. The van der Waals surface area contributed by atoms with E-state index >= 15 is 0 Å². The molecule has 0 spiro atoms. The van der Waals surface area contributed by atoms with Crippen LogP contribution in [-0.4, -0.2) is 27.2 Å². The number of unbranched alkanes of at least 4 members (excludes halogenated alkanes) is 9. The molecule has 0 aromatic heterocycles. The predicted molar refractivity (Wildman–Crippen MR) is 74.4 cm³/mol. The third-order valence-corrected chi connectivity index (χ3v) is 3.97. The van der Waals surface area contributed by atoms with Crippen molar-refractivity contribution in [2.75, 3.05) is 6.16 Å². The van der Waals surface area contributed by atoms with Crippen LogP contribution in [0.4, 0.5) is 0 Å². The Morgan fingerprint density at radius 3 is 1.53 bits per heavy atom. The van der Waals surface area contributed by atoms with Crippen LogP contribution in [0.25, 0.3) is 0 Å². The van der Waals surface area contributed by atoms with Crippen LogP contribution in [0.2, 0.25) is 0 Å². The van der Waals surface area contributed by atoms with E-state index in [0.29, 0.717) is 6.16 Å². The minimum absolute atomic E-state index is 0.180. The summed E-state index contributed by atoms with van der Waals surface area (Å²) in [4.78, 5) is 0. The van der Waals surface area contributed by atoms with Crippen molar-refractivity contribution in [1.82, 2.24) is 0 Å². The molecule has 3 nitrogen and oxygen atoms in total. The molecular formula is C13H29O3P. The van der Waals surface area contributed by atoms with E-state index in [1.54, 1.807) is 0 Å². The van der Waals surface area contributed by atoms with Crippen LogP contribution in [-0.2, 0) is 0 Å². The highest BCUT2D eigenvalue weighted by Gasteiger charge is 2.15. The second-order valence-corrected chi connectivity index (χ2v) is 6.27. The minimum atomic E-state index is -2.43. The molecule has 0 heterocycles. The van der Waals surface area contributed by atoms with Crippen LogP contribution < -0.4 is 0 Å². The lowest BCUT2D eigenvalue weighted by atomic mass is 10.1. The van der Waals surface area contributed by atoms with E-state index in [0.717, 1.165) is 12.8 Å². The van der Waals surface area contributed by atoms with Crippen molar-refractivity contribution in [2.45, 2.75) is 76.8 Å². The number of rotatable bonds is 12. The fraction of sp³-hybridized carbons (Fsp3) is 1.00. The summed E-state index contributed by atoms with van der Waals surface area (Å²) in [6.45, 7) is 2.24. The molecule has 1 atom stereocenters. The zero-order valence-electron chi connectivity index (χ0n) is 11.1. The van der Waals surface area contributed by atoms with E-state index in [-0.39, 0.29) is 8.58 Å². The van der Waals surface area contributed by atoms with Crippen LogP contribution >= 0.6 is 8.58 Å². The van der Waals surface area contributed by atoms with E-state index in [4.69, 9.17) is 15.3 Å². The zero-order chi connectivity index (χ0) is 13.0. The summed E-state index contributed by atoms with van der Waals surface area (Å²) in [5.41, 5.74) is -2.43. The molecule has 0 aliphatic heterocycles. The molecule has 1 unspecified atom stereocenters. The largest absolute Gasteiger partial charge is 0.340 e. The SMILES string of the molecule is CCCCCCCCCCCCPC(O)(O)O. The maximum Gasteiger partial charge on any atom is 0.290 e. The Kier molecular flexibility index (Phi) is 11.6. The smallest absolute Gasteiger partial charge is 0.290 e. The predicted octanol–water partition coefficient (Wildman–Crippen LogP) is 3.17. The van der Waals surface area contributed by atoms with Crippen LogP contribution in [0.5, 0.6) is 0 Å². The van der Waals surface area contributed by atoms with Gasteiger partial charge in [-0.1, -0.05) is 64.7 Å². The first-order valence-corrected chi connectivity index (χ1v) is 8.19. The maximum absolute atomic E-state index is 8.68. The van der Waals surface area contributed by atoms with Crippen molar-refractivity contribution < 1.29 is 15.3 Å². The lowest BCUT2D eigenvalue weighted by molar-refractivity contribution is -0.238. The maximum atomic E-state index is 8.68. The second kappa shape index (κ2) is 11.4. The highest BCUT2D eigenvalue weighted by Crippen LogP contribution is 2.25. The average Bonchev–Trinajstić information content (AvgIpc) is 2.24. The molecule has 3 N–H and O–H groups in total. The van der Waals surface area contributed by atoms with Gasteiger partial charge in [0.1, 0.15) is 0 Å². The van der Waals surface area contributed by atoms with Gasteiger partial charge >= 0.3 is 0 Å². The Hall–Kier alpha value is 0.310. The summed E-state index contributed by atoms with van der Waals surface area (Å²) in [6, 6.07) is 0. The normalized spacial score (nSPS) is 12.7. The van der Waals surface area contributed by atoms with E-state index in [1.807, 2.05) is 0 Å². The molecule has 17 heavy (non-hydrogen) atoms. The van der Waals surface area contributed by atoms with Crippen molar-refractivity contribution in [3.05, 3.63) is 0 Å². The first-order chi connectivity index (χ1) is 8.06. The van der Waals surface area contributed by atoms with Gasteiger partial charge in [-0.3, -0.25) is 0 Å². The fourth-order valence-corrected chi connectivity index (χ4v) is 2.63. The van der Waals surface area contributed by atoms with Crippen molar-refractivity contribution >= 4 is 8.58 Å². The van der Waals surface area contributed by atoms with Gasteiger partial charge in [0.25, 0.3) is 5.71 Å². The summed E-state index contributed by atoms with van der Waals surface area (Å²) in [5.74, 6) is 0. The van der Waals surface area contributed by atoms with Crippen LogP contribution in [0.15, 0.2) is 0 Å². The molecule has 0 saturated carbocycles. The Bertz CT molecular complexity index is 157. The molecule has 0 aromatic rings. The molecule has 0 fully saturated rings. The molecule has 0 saturated heterocycles. The zero-order valence-corrected chi connectivity index (χ0v) is 12.1. The Morgan fingerprint density at radius 1 is 0.706 bits per heavy atom. The van der Waals surface area contributed by atoms with Crippen LogP contribution in [0.1, 0.15) is 71.1 Å².